The number of hydrogen-bond donors (Lipinski definition) is 1. The Morgan fingerprint density at radius 1 is 1.29 bits per heavy atom. The van der Waals surface area contributed by atoms with Crippen LogP contribution in [0.1, 0.15) is 53.9 Å². The number of piperidine rings is 1. The maximum Gasteiger partial charge on any atom is 0.254 e. The number of amides is 2. The van der Waals surface area contributed by atoms with E-state index in [0.29, 0.717) is 55.4 Å². The van der Waals surface area contributed by atoms with Gasteiger partial charge in [0.2, 0.25) is 5.91 Å². The van der Waals surface area contributed by atoms with Crippen molar-refractivity contribution in [2.24, 2.45) is 5.73 Å². The number of para-hydroxylation sites is 1. The van der Waals surface area contributed by atoms with E-state index in [1.165, 1.54) is 0 Å². The molecule has 1 atom stereocenters. The molecule has 3 heterocycles. The zero-order valence-electron chi connectivity index (χ0n) is 17.5. The summed E-state index contributed by atoms with van der Waals surface area (Å²) in [4.78, 5) is 31.5. The maximum atomic E-state index is 12.8. The van der Waals surface area contributed by atoms with Gasteiger partial charge in [0.05, 0.1) is 23.4 Å². The standard InChI is InChI=1S/C23H26N4O4/c1-2-30-20-13-17(31-26-20)9-10-21(28)27-11-5-7-16(14-27)22-18(23(24)29)12-15-6-3-4-8-19(15)25-22/h3-4,6,8,12-13,16H,2,5,7,9-11,14H2,1H3,(H2,24,29). The van der Waals surface area contributed by atoms with E-state index < -0.39 is 5.91 Å². The largest absolute Gasteiger partial charge is 0.476 e. The van der Waals surface area contributed by atoms with Gasteiger partial charge < -0.3 is 19.9 Å². The van der Waals surface area contributed by atoms with Gasteiger partial charge in [-0.3, -0.25) is 14.6 Å². The van der Waals surface area contributed by atoms with Crippen LogP contribution in [0.3, 0.4) is 0 Å². The molecule has 2 N–H and O–H groups in total. The number of aromatic nitrogens is 2. The van der Waals surface area contributed by atoms with Gasteiger partial charge in [-0.2, -0.15) is 0 Å². The van der Waals surface area contributed by atoms with Gasteiger partial charge in [-0.1, -0.05) is 18.2 Å². The molecule has 0 saturated carbocycles. The maximum absolute atomic E-state index is 12.8. The molecule has 8 nitrogen and oxygen atoms in total. The van der Waals surface area contributed by atoms with Crippen molar-refractivity contribution < 1.29 is 18.8 Å². The summed E-state index contributed by atoms with van der Waals surface area (Å²) in [5.41, 5.74) is 7.59. The van der Waals surface area contributed by atoms with Crippen LogP contribution in [0.15, 0.2) is 40.9 Å². The van der Waals surface area contributed by atoms with Gasteiger partial charge in [0, 0.05) is 43.3 Å². The predicted octanol–water partition coefficient (Wildman–Crippen LogP) is 3.06. The van der Waals surface area contributed by atoms with E-state index in [1.54, 1.807) is 12.1 Å². The second-order valence-corrected chi connectivity index (χ2v) is 7.72. The number of pyridine rings is 1. The molecule has 31 heavy (non-hydrogen) atoms. The first kappa shape index (κ1) is 20.8. The molecule has 0 radical (unpaired) electrons. The number of aryl methyl sites for hydroxylation is 1. The lowest BCUT2D eigenvalue weighted by Crippen LogP contribution is -2.40. The minimum absolute atomic E-state index is 0.0281. The number of nitrogens with two attached hydrogens (primary N) is 1. The number of carbonyl (C=O) groups excluding carboxylic acids is 2. The zero-order valence-corrected chi connectivity index (χ0v) is 17.5. The first-order valence-corrected chi connectivity index (χ1v) is 10.6. The van der Waals surface area contributed by atoms with Crippen LogP contribution in [0.2, 0.25) is 0 Å². The summed E-state index contributed by atoms with van der Waals surface area (Å²) in [7, 11) is 0. The summed E-state index contributed by atoms with van der Waals surface area (Å²) < 4.78 is 10.5. The van der Waals surface area contributed by atoms with Crippen molar-refractivity contribution in [2.75, 3.05) is 19.7 Å². The summed E-state index contributed by atoms with van der Waals surface area (Å²) in [6, 6.07) is 11.2. The Bertz CT molecular complexity index is 1090. The number of ether oxygens (including phenoxy) is 1. The summed E-state index contributed by atoms with van der Waals surface area (Å²) in [5.74, 6) is 0.578. The average molecular weight is 422 g/mol. The van der Waals surface area contributed by atoms with Crippen molar-refractivity contribution in [3.05, 3.63) is 53.4 Å². The average Bonchev–Trinajstić information content (AvgIpc) is 3.24. The van der Waals surface area contributed by atoms with Gasteiger partial charge in [-0.25, -0.2) is 0 Å². The van der Waals surface area contributed by atoms with E-state index in [9.17, 15) is 9.59 Å². The van der Waals surface area contributed by atoms with Crippen molar-refractivity contribution in [1.82, 2.24) is 15.0 Å². The lowest BCUT2D eigenvalue weighted by Gasteiger charge is -2.33. The highest BCUT2D eigenvalue weighted by Crippen LogP contribution is 2.30. The highest BCUT2D eigenvalue weighted by molar-refractivity contribution is 5.97. The molecule has 8 heteroatoms. The number of likely N-dealkylation sites (tertiary alicyclic amines) is 1. The summed E-state index contributed by atoms with van der Waals surface area (Å²) in [6.45, 7) is 3.59. The SMILES string of the molecule is CCOc1cc(CCC(=O)N2CCCC(c3nc4ccccc4cc3C(N)=O)C2)on1. The number of carbonyl (C=O) groups is 2. The van der Waals surface area contributed by atoms with Crippen LogP contribution >= 0.6 is 0 Å². The summed E-state index contributed by atoms with van der Waals surface area (Å²) >= 11 is 0. The third-order valence-corrected chi connectivity index (χ3v) is 5.59. The molecule has 1 aromatic carbocycles. The number of nitrogens with zero attached hydrogens (tertiary/aromatic N) is 3. The lowest BCUT2D eigenvalue weighted by atomic mass is 9.90. The second-order valence-electron chi connectivity index (χ2n) is 7.72. The monoisotopic (exact) mass is 422 g/mol. The topological polar surface area (TPSA) is 112 Å². The highest BCUT2D eigenvalue weighted by atomic mass is 16.5. The van der Waals surface area contributed by atoms with Crippen molar-refractivity contribution in [1.29, 1.82) is 0 Å². The Balaban J connectivity index is 1.47. The summed E-state index contributed by atoms with van der Waals surface area (Å²) in [5, 5.41) is 4.70. The molecule has 4 rings (SSSR count). The fourth-order valence-electron chi connectivity index (χ4n) is 4.08. The third kappa shape index (κ3) is 4.68. The molecule has 0 spiro atoms. The van der Waals surface area contributed by atoms with E-state index in [4.69, 9.17) is 20.0 Å². The minimum Gasteiger partial charge on any atom is -0.476 e. The Morgan fingerprint density at radius 3 is 2.94 bits per heavy atom. The molecular weight excluding hydrogens is 396 g/mol. The van der Waals surface area contributed by atoms with Crippen LogP contribution in [0.5, 0.6) is 5.88 Å². The van der Waals surface area contributed by atoms with Crippen molar-refractivity contribution in [3.63, 3.8) is 0 Å². The van der Waals surface area contributed by atoms with Gasteiger partial charge >= 0.3 is 0 Å². The Kier molecular flexibility index (Phi) is 6.16. The molecule has 1 saturated heterocycles. The van der Waals surface area contributed by atoms with Gasteiger partial charge in [0.25, 0.3) is 11.8 Å². The van der Waals surface area contributed by atoms with Crippen LogP contribution in [0.25, 0.3) is 10.9 Å². The molecule has 2 aromatic heterocycles. The van der Waals surface area contributed by atoms with Gasteiger partial charge in [-0.05, 0) is 37.1 Å². The molecule has 162 valence electrons. The molecule has 1 unspecified atom stereocenters. The molecule has 0 aliphatic carbocycles. The number of fused-ring (bicyclic) bond motifs is 1. The van der Waals surface area contributed by atoms with Crippen LogP contribution in [0.4, 0.5) is 0 Å². The smallest absolute Gasteiger partial charge is 0.254 e. The van der Waals surface area contributed by atoms with Gasteiger partial charge in [0.1, 0.15) is 5.76 Å². The fourth-order valence-corrected chi connectivity index (χ4v) is 4.08. The predicted molar refractivity (Wildman–Crippen MR) is 115 cm³/mol. The van der Waals surface area contributed by atoms with E-state index >= 15 is 0 Å². The Hall–Kier alpha value is -3.42. The molecule has 1 aliphatic rings. The third-order valence-electron chi connectivity index (χ3n) is 5.59. The lowest BCUT2D eigenvalue weighted by molar-refractivity contribution is -0.132. The van der Waals surface area contributed by atoms with Crippen LogP contribution in [-0.2, 0) is 11.2 Å². The van der Waals surface area contributed by atoms with Crippen LogP contribution in [0, 0.1) is 0 Å². The van der Waals surface area contributed by atoms with Crippen molar-refractivity contribution in [2.45, 2.75) is 38.5 Å². The molecular formula is C23H26N4O4. The first-order chi connectivity index (χ1) is 15.0. The quantitative estimate of drug-likeness (QED) is 0.626. The van der Waals surface area contributed by atoms with Crippen LogP contribution < -0.4 is 10.5 Å². The zero-order chi connectivity index (χ0) is 21.8. The molecule has 2 amide bonds. The summed E-state index contributed by atoms with van der Waals surface area (Å²) in [6.07, 6.45) is 2.48. The van der Waals surface area contributed by atoms with E-state index in [-0.39, 0.29) is 11.8 Å². The normalized spacial score (nSPS) is 16.4. The highest BCUT2D eigenvalue weighted by Gasteiger charge is 2.28. The van der Waals surface area contributed by atoms with E-state index in [2.05, 4.69) is 5.16 Å². The molecule has 0 bridgehead atoms. The number of benzene rings is 1. The van der Waals surface area contributed by atoms with Gasteiger partial charge in [-0.15, -0.1) is 0 Å². The minimum atomic E-state index is -0.493. The van der Waals surface area contributed by atoms with Gasteiger partial charge in [0.15, 0.2) is 0 Å². The molecule has 1 aliphatic heterocycles. The van der Waals surface area contributed by atoms with E-state index in [1.807, 2.05) is 36.1 Å². The molecule has 3 aromatic rings. The Morgan fingerprint density at radius 2 is 2.13 bits per heavy atom. The molecule has 1 fully saturated rings. The van der Waals surface area contributed by atoms with Crippen LogP contribution in [-0.4, -0.2) is 46.6 Å². The number of primary amides is 1. The van der Waals surface area contributed by atoms with E-state index in [0.717, 1.165) is 23.7 Å². The fraction of sp³-hybridized carbons (Fsp3) is 0.391. The first-order valence-electron chi connectivity index (χ1n) is 10.6. The Labute approximate surface area is 180 Å². The van der Waals surface area contributed by atoms with Crippen molar-refractivity contribution in [3.8, 4) is 5.88 Å². The van der Waals surface area contributed by atoms with Crippen molar-refractivity contribution >= 4 is 22.7 Å². The second kappa shape index (κ2) is 9.16. The number of rotatable bonds is 7. The number of hydrogen-bond acceptors (Lipinski definition) is 6.